The SMILES string of the molecule is COc1nc(Nc2ccc(C)c(OC(C)=O)c2)c2cc(OC)c(-c3ccsc3)cc2n1. The highest BCUT2D eigenvalue weighted by Gasteiger charge is 2.15. The van der Waals surface area contributed by atoms with Crippen LogP contribution in [-0.4, -0.2) is 30.2 Å². The van der Waals surface area contributed by atoms with Gasteiger partial charge >= 0.3 is 12.0 Å². The summed E-state index contributed by atoms with van der Waals surface area (Å²) in [5.74, 6) is 1.38. The number of hydrogen-bond donors (Lipinski definition) is 1. The highest BCUT2D eigenvalue weighted by molar-refractivity contribution is 7.08. The van der Waals surface area contributed by atoms with E-state index in [2.05, 4.69) is 20.7 Å². The van der Waals surface area contributed by atoms with Crippen molar-refractivity contribution in [2.75, 3.05) is 19.5 Å². The quantitative estimate of drug-likeness (QED) is 0.323. The maximum Gasteiger partial charge on any atom is 0.318 e. The van der Waals surface area contributed by atoms with E-state index in [-0.39, 0.29) is 12.0 Å². The van der Waals surface area contributed by atoms with Crippen molar-refractivity contribution in [3.05, 3.63) is 52.7 Å². The highest BCUT2D eigenvalue weighted by Crippen LogP contribution is 2.38. The van der Waals surface area contributed by atoms with Gasteiger partial charge in [-0.3, -0.25) is 4.79 Å². The number of nitrogens with zero attached hydrogens (tertiary/aromatic N) is 2. The van der Waals surface area contributed by atoms with E-state index in [0.29, 0.717) is 28.5 Å². The smallest absolute Gasteiger partial charge is 0.318 e. The van der Waals surface area contributed by atoms with E-state index in [1.165, 1.54) is 14.0 Å². The van der Waals surface area contributed by atoms with Crippen LogP contribution in [0.3, 0.4) is 0 Å². The van der Waals surface area contributed by atoms with E-state index < -0.39 is 0 Å². The molecule has 0 amide bonds. The number of anilines is 2. The Balaban J connectivity index is 1.83. The second kappa shape index (κ2) is 8.61. The zero-order valence-corrected chi connectivity index (χ0v) is 18.4. The van der Waals surface area contributed by atoms with Crippen molar-refractivity contribution in [1.29, 1.82) is 0 Å². The van der Waals surface area contributed by atoms with Gasteiger partial charge in [-0.2, -0.15) is 21.3 Å². The minimum absolute atomic E-state index is 0.240. The Bertz CT molecular complexity index is 1260. The first-order valence-electron chi connectivity index (χ1n) is 9.51. The highest BCUT2D eigenvalue weighted by atomic mass is 32.1. The maximum absolute atomic E-state index is 11.4. The van der Waals surface area contributed by atoms with Gasteiger partial charge < -0.3 is 19.5 Å². The molecule has 0 fully saturated rings. The number of fused-ring (bicyclic) bond motifs is 1. The van der Waals surface area contributed by atoms with Crippen LogP contribution < -0.4 is 19.5 Å². The molecule has 7 nitrogen and oxygen atoms in total. The minimum Gasteiger partial charge on any atom is -0.496 e. The molecular weight excluding hydrogens is 414 g/mol. The first kappa shape index (κ1) is 20.6. The maximum atomic E-state index is 11.4. The van der Waals surface area contributed by atoms with Gasteiger partial charge in [-0.1, -0.05) is 6.07 Å². The summed E-state index contributed by atoms with van der Waals surface area (Å²) in [4.78, 5) is 20.4. The molecule has 2 heterocycles. The number of ether oxygens (including phenoxy) is 3. The van der Waals surface area contributed by atoms with Crippen LogP contribution in [0, 0.1) is 6.92 Å². The molecule has 0 aliphatic carbocycles. The molecule has 0 saturated carbocycles. The van der Waals surface area contributed by atoms with Crippen molar-refractivity contribution in [2.24, 2.45) is 0 Å². The lowest BCUT2D eigenvalue weighted by Crippen LogP contribution is -2.04. The second-order valence-corrected chi connectivity index (χ2v) is 7.62. The zero-order valence-electron chi connectivity index (χ0n) is 17.6. The summed E-state index contributed by atoms with van der Waals surface area (Å²) >= 11 is 1.62. The Morgan fingerprint density at radius 1 is 1.03 bits per heavy atom. The third-order valence-electron chi connectivity index (χ3n) is 4.72. The van der Waals surface area contributed by atoms with Crippen LogP contribution in [0.25, 0.3) is 22.0 Å². The van der Waals surface area contributed by atoms with Gasteiger partial charge in [0.25, 0.3) is 0 Å². The summed E-state index contributed by atoms with van der Waals surface area (Å²) in [7, 11) is 3.17. The summed E-state index contributed by atoms with van der Waals surface area (Å²) in [5.41, 5.74) is 4.28. The lowest BCUT2D eigenvalue weighted by Gasteiger charge is -2.14. The number of carbonyl (C=O) groups is 1. The van der Waals surface area contributed by atoms with E-state index in [4.69, 9.17) is 14.2 Å². The number of benzene rings is 2. The third-order valence-corrected chi connectivity index (χ3v) is 5.40. The number of hydrogen-bond acceptors (Lipinski definition) is 8. The second-order valence-electron chi connectivity index (χ2n) is 6.84. The number of carbonyl (C=O) groups excluding carboxylic acids is 1. The number of aryl methyl sites for hydroxylation is 1. The molecular formula is C23H21N3O4S. The van der Waals surface area contributed by atoms with Gasteiger partial charge in [0.05, 0.1) is 19.7 Å². The van der Waals surface area contributed by atoms with Gasteiger partial charge in [0.2, 0.25) is 0 Å². The molecule has 158 valence electrons. The minimum atomic E-state index is -0.375. The molecule has 1 N–H and O–H groups in total. The molecule has 4 rings (SSSR count). The molecule has 0 aliphatic heterocycles. The van der Waals surface area contributed by atoms with Crippen molar-refractivity contribution in [2.45, 2.75) is 13.8 Å². The average molecular weight is 436 g/mol. The molecule has 8 heteroatoms. The topological polar surface area (TPSA) is 82.6 Å². The number of esters is 1. The van der Waals surface area contributed by atoms with Crippen LogP contribution >= 0.6 is 11.3 Å². The van der Waals surface area contributed by atoms with E-state index >= 15 is 0 Å². The van der Waals surface area contributed by atoms with Gasteiger partial charge in [0.15, 0.2) is 0 Å². The molecule has 0 bridgehead atoms. The Hall–Kier alpha value is -3.65. The van der Waals surface area contributed by atoms with E-state index in [1.807, 2.05) is 42.6 Å². The Kier molecular flexibility index (Phi) is 5.73. The van der Waals surface area contributed by atoms with E-state index in [9.17, 15) is 4.79 Å². The summed E-state index contributed by atoms with van der Waals surface area (Å²) < 4.78 is 16.3. The number of nitrogens with one attached hydrogen (secondary N) is 1. The number of rotatable bonds is 6. The van der Waals surface area contributed by atoms with Crippen LogP contribution in [0.4, 0.5) is 11.5 Å². The predicted octanol–water partition coefficient (Wildman–Crippen LogP) is 5.35. The first-order chi connectivity index (χ1) is 15.0. The van der Waals surface area contributed by atoms with Crippen LogP contribution in [-0.2, 0) is 4.79 Å². The standard InChI is InChI=1S/C23H21N3O4S/c1-13-5-6-16(9-20(13)30-14(2)27)24-22-18-11-21(28-3)17(15-7-8-31-12-15)10-19(18)25-23(26-22)29-4/h5-12H,1-4H3,(H,24,25,26). The Morgan fingerprint density at radius 3 is 2.55 bits per heavy atom. The fraction of sp³-hybridized carbons (Fsp3) is 0.174. The molecule has 4 aromatic rings. The normalized spacial score (nSPS) is 10.7. The lowest BCUT2D eigenvalue weighted by atomic mass is 10.0. The Labute approximate surface area is 183 Å². The zero-order chi connectivity index (χ0) is 22.0. The van der Waals surface area contributed by atoms with Crippen LogP contribution in [0.1, 0.15) is 12.5 Å². The van der Waals surface area contributed by atoms with Crippen LogP contribution in [0.5, 0.6) is 17.5 Å². The Morgan fingerprint density at radius 2 is 1.87 bits per heavy atom. The van der Waals surface area contributed by atoms with Crippen molar-refractivity contribution in [3.8, 4) is 28.6 Å². The first-order valence-corrected chi connectivity index (χ1v) is 10.4. The van der Waals surface area contributed by atoms with Crippen molar-refractivity contribution >= 4 is 39.7 Å². The van der Waals surface area contributed by atoms with E-state index in [0.717, 1.165) is 22.1 Å². The van der Waals surface area contributed by atoms with Crippen molar-refractivity contribution in [1.82, 2.24) is 9.97 Å². The molecule has 0 saturated heterocycles. The van der Waals surface area contributed by atoms with E-state index in [1.54, 1.807) is 24.5 Å². The van der Waals surface area contributed by atoms with Gasteiger partial charge in [-0.05, 0) is 53.1 Å². The fourth-order valence-corrected chi connectivity index (χ4v) is 3.87. The van der Waals surface area contributed by atoms with Crippen molar-refractivity contribution in [3.63, 3.8) is 0 Å². The van der Waals surface area contributed by atoms with Crippen LogP contribution in [0.15, 0.2) is 47.2 Å². The molecule has 0 radical (unpaired) electrons. The molecule has 0 aliphatic rings. The predicted molar refractivity (Wildman–Crippen MR) is 122 cm³/mol. The molecule has 0 spiro atoms. The largest absolute Gasteiger partial charge is 0.496 e. The third kappa shape index (κ3) is 4.29. The molecule has 2 aromatic heterocycles. The van der Waals surface area contributed by atoms with Gasteiger partial charge in [-0.15, -0.1) is 0 Å². The van der Waals surface area contributed by atoms with Gasteiger partial charge in [0.1, 0.15) is 17.3 Å². The summed E-state index contributed by atoms with van der Waals surface area (Å²) in [6.07, 6.45) is 0. The van der Waals surface area contributed by atoms with Gasteiger partial charge in [-0.25, -0.2) is 0 Å². The molecule has 2 aromatic carbocycles. The fourth-order valence-electron chi connectivity index (χ4n) is 3.21. The van der Waals surface area contributed by atoms with Crippen molar-refractivity contribution < 1.29 is 19.0 Å². The lowest BCUT2D eigenvalue weighted by molar-refractivity contribution is -0.131. The monoisotopic (exact) mass is 435 g/mol. The summed E-state index contributed by atoms with van der Waals surface area (Å²) in [5, 5.41) is 8.14. The molecule has 31 heavy (non-hydrogen) atoms. The number of methoxy groups -OCH3 is 2. The summed E-state index contributed by atoms with van der Waals surface area (Å²) in [6, 6.07) is 11.7. The summed E-state index contributed by atoms with van der Waals surface area (Å²) in [6.45, 7) is 3.25. The van der Waals surface area contributed by atoms with Gasteiger partial charge in [0, 0.05) is 29.6 Å². The molecule has 0 atom stereocenters. The molecule has 0 unspecified atom stereocenters. The number of thiophene rings is 1. The van der Waals surface area contributed by atoms with Crippen LogP contribution in [0.2, 0.25) is 0 Å². The average Bonchev–Trinajstić information content (AvgIpc) is 3.29. The number of aromatic nitrogens is 2.